The third-order valence-electron chi connectivity index (χ3n) is 2.43. The van der Waals surface area contributed by atoms with Crippen LogP contribution in [0.25, 0.3) is 0 Å². The van der Waals surface area contributed by atoms with Crippen molar-refractivity contribution in [1.29, 1.82) is 0 Å². The van der Waals surface area contributed by atoms with Gasteiger partial charge in [-0.1, -0.05) is 60.7 Å². The lowest BCUT2D eigenvalue weighted by molar-refractivity contribution is -0.288. The quantitative estimate of drug-likeness (QED) is 0.458. The first-order valence-corrected chi connectivity index (χ1v) is 7.68. The van der Waals surface area contributed by atoms with Crippen molar-refractivity contribution in [2.24, 2.45) is 0 Å². The number of hydrogen-bond donors (Lipinski definition) is 1. The van der Waals surface area contributed by atoms with Gasteiger partial charge in [0, 0.05) is 0 Å². The van der Waals surface area contributed by atoms with Gasteiger partial charge in [-0.3, -0.25) is 4.89 Å². The summed E-state index contributed by atoms with van der Waals surface area (Å²) in [5.41, 5.74) is 1.59. The SMILES string of the molecule is O=P(O)(OOCc1ccccc1)OOCc1ccccc1. The predicted molar refractivity (Wildman–Crippen MR) is 74.5 cm³/mol. The molecule has 0 aliphatic heterocycles. The molecule has 0 aliphatic rings. The Bertz CT molecular complexity index is 525. The zero-order valence-electron chi connectivity index (χ0n) is 11.1. The molecule has 0 radical (unpaired) electrons. The van der Waals surface area contributed by atoms with E-state index >= 15 is 0 Å². The number of benzene rings is 2. The van der Waals surface area contributed by atoms with Crippen LogP contribution in [0.2, 0.25) is 0 Å². The molecule has 0 fully saturated rings. The molecule has 0 spiro atoms. The van der Waals surface area contributed by atoms with Gasteiger partial charge in [0.2, 0.25) is 0 Å². The molecule has 21 heavy (non-hydrogen) atoms. The Labute approximate surface area is 122 Å². The second-order valence-corrected chi connectivity index (χ2v) is 5.35. The summed E-state index contributed by atoms with van der Waals surface area (Å²) in [6, 6.07) is 18.1. The Morgan fingerprint density at radius 1 is 0.762 bits per heavy atom. The van der Waals surface area contributed by atoms with Crippen LogP contribution in [0.3, 0.4) is 0 Å². The van der Waals surface area contributed by atoms with Crippen LogP contribution < -0.4 is 0 Å². The maximum absolute atomic E-state index is 11.5. The van der Waals surface area contributed by atoms with Crippen molar-refractivity contribution in [2.75, 3.05) is 0 Å². The average Bonchev–Trinajstić information content (AvgIpc) is 2.49. The zero-order valence-corrected chi connectivity index (χ0v) is 12.0. The largest absolute Gasteiger partial charge is 0.526 e. The molecule has 6 nitrogen and oxygen atoms in total. The summed E-state index contributed by atoms with van der Waals surface area (Å²) < 4.78 is 20.1. The van der Waals surface area contributed by atoms with Crippen LogP contribution in [0.1, 0.15) is 11.1 Å². The first-order valence-electron chi connectivity index (χ1n) is 6.19. The Morgan fingerprint density at radius 2 is 1.14 bits per heavy atom. The van der Waals surface area contributed by atoms with Crippen molar-refractivity contribution in [3.05, 3.63) is 71.8 Å². The lowest BCUT2D eigenvalue weighted by Crippen LogP contribution is -1.99. The molecule has 0 bridgehead atoms. The van der Waals surface area contributed by atoms with Crippen molar-refractivity contribution in [2.45, 2.75) is 13.2 Å². The minimum absolute atomic E-state index is 0.0213. The summed E-state index contributed by atoms with van der Waals surface area (Å²) in [7, 11) is -4.41. The average molecular weight is 310 g/mol. The van der Waals surface area contributed by atoms with Crippen LogP contribution in [0, 0.1) is 0 Å². The van der Waals surface area contributed by atoms with E-state index in [0.29, 0.717) is 0 Å². The maximum atomic E-state index is 11.5. The Balaban J connectivity index is 1.68. The van der Waals surface area contributed by atoms with E-state index in [1.54, 1.807) is 24.3 Å². The summed E-state index contributed by atoms with van der Waals surface area (Å²) in [4.78, 5) is 18.7. The third-order valence-corrected chi connectivity index (χ3v) is 3.02. The standard InChI is InChI=1S/C14H15O6P/c15-21(16,19-17-11-13-7-3-1-4-8-13)20-18-12-14-9-5-2-6-10-14/h1-10H,11-12H2,(H,15,16). The van der Waals surface area contributed by atoms with Gasteiger partial charge in [-0.15, -0.1) is 9.35 Å². The van der Waals surface area contributed by atoms with E-state index in [-0.39, 0.29) is 13.2 Å². The number of rotatable bonds is 8. The Hall–Kier alpha value is -1.53. The van der Waals surface area contributed by atoms with Gasteiger partial charge in [0.05, 0.1) is 0 Å². The van der Waals surface area contributed by atoms with E-state index in [2.05, 4.69) is 19.1 Å². The molecule has 2 aromatic carbocycles. The number of phosphoric acid groups is 1. The first-order chi connectivity index (χ1) is 10.2. The van der Waals surface area contributed by atoms with Crippen molar-refractivity contribution in [1.82, 2.24) is 0 Å². The summed E-state index contributed by atoms with van der Waals surface area (Å²) in [6.45, 7) is 0.0425. The van der Waals surface area contributed by atoms with Crippen LogP contribution in [-0.2, 0) is 36.9 Å². The monoisotopic (exact) mass is 310 g/mol. The zero-order chi connectivity index (χ0) is 15.0. The second kappa shape index (κ2) is 8.05. The van der Waals surface area contributed by atoms with Gasteiger partial charge in [-0.25, -0.2) is 14.3 Å². The molecule has 2 rings (SSSR count). The van der Waals surface area contributed by atoms with Crippen LogP contribution in [0.5, 0.6) is 0 Å². The highest BCUT2D eigenvalue weighted by atomic mass is 31.2. The highest BCUT2D eigenvalue weighted by Gasteiger charge is 2.24. The van der Waals surface area contributed by atoms with Crippen molar-refractivity contribution >= 4 is 7.82 Å². The summed E-state index contributed by atoms with van der Waals surface area (Å²) >= 11 is 0. The molecular formula is C14H15O6P. The smallest absolute Gasteiger partial charge is 0.299 e. The van der Waals surface area contributed by atoms with Crippen LogP contribution in [-0.4, -0.2) is 4.89 Å². The lowest BCUT2D eigenvalue weighted by Gasteiger charge is -2.10. The van der Waals surface area contributed by atoms with Crippen molar-refractivity contribution in [3.8, 4) is 0 Å². The second-order valence-electron chi connectivity index (χ2n) is 4.11. The molecule has 0 aromatic heterocycles. The summed E-state index contributed by atoms with van der Waals surface area (Å²) in [5.74, 6) is 0. The molecule has 0 saturated carbocycles. The van der Waals surface area contributed by atoms with E-state index in [1.165, 1.54) is 0 Å². The van der Waals surface area contributed by atoms with Gasteiger partial charge >= 0.3 is 7.82 Å². The predicted octanol–water partition coefficient (Wildman–Crippen LogP) is 3.38. The fraction of sp³-hybridized carbons (Fsp3) is 0.143. The molecular weight excluding hydrogens is 295 g/mol. The highest BCUT2D eigenvalue weighted by Crippen LogP contribution is 2.44. The molecule has 2 aromatic rings. The lowest BCUT2D eigenvalue weighted by atomic mass is 10.2. The fourth-order valence-corrected chi connectivity index (χ4v) is 1.88. The molecule has 7 heteroatoms. The third kappa shape index (κ3) is 6.18. The normalized spacial score (nSPS) is 11.5. The molecule has 1 N–H and O–H groups in total. The molecule has 0 aliphatic carbocycles. The fourth-order valence-electron chi connectivity index (χ4n) is 1.48. The van der Waals surface area contributed by atoms with Crippen molar-refractivity contribution in [3.63, 3.8) is 0 Å². The van der Waals surface area contributed by atoms with E-state index in [4.69, 9.17) is 0 Å². The Morgan fingerprint density at radius 3 is 1.52 bits per heavy atom. The molecule has 0 unspecified atom stereocenters. The summed E-state index contributed by atoms with van der Waals surface area (Å²) in [5, 5.41) is 0. The van der Waals surface area contributed by atoms with Crippen LogP contribution in [0.4, 0.5) is 0 Å². The van der Waals surface area contributed by atoms with E-state index in [9.17, 15) is 9.46 Å². The minimum atomic E-state index is -4.41. The first kappa shape index (κ1) is 15.9. The van der Waals surface area contributed by atoms with Gasteiger partial charge < -0.3 is 0 Å². The van der Waals surface area contributed by atoms with E-state index < -0.39 is 7.82 Å². The van der Waals surface area contributed by atoms with Gasteiger partial charge in [-0.2, -0.15) is 0 Å². The maximum Gasteiger partial charge on any atom is 0.526 e. The van der Waals surface area contributed by atoms with E-state index in [1.807, 2.05) is 36.4 Å². The van der Waals surface area contributed by atoms with Crippen LogP contribution in [0.15, 0.2) is 60.7 Å². The van der Waals surface area contributed by atoms with Crippen LogP contribution >= 0.6 is 7.82 Å². The topological polar surface area (TPSA) is 74.2 Å². The Kier molecular flexibility index (Phi) is 6.07. The molecule has 0 amide bonds. The van der Waals surface area contributed by atoms with Gasteiger partial charge in [0.1, 0.15) is 13.2 Å². The summed E-state index contributed by atoms with van der Waals surface area (Å²) in [6.07, 6.45) is 0. The number of hydrogen-bond acceptors (Lipinski definition) is 5. The van der Waals surface area contributed by atoms with Gasteiger partial charge in [-0.05, 0) is 11.1 Å². The molecule has 0 atom stereocenters. The highest BCUT2D eigenvalue weighted by molar-refractivity contribution is 7.47. The minimum Gasteiger partial charge on any atom is -0.299 e. The molecule has 0 heterocycles. The van der Waals surface area contributed by atoms with Gasteiger partial charge in [0.15, 0.2) is 0 Å². The molecule has 0 saturated heterocycles. The van der Waals surface area contributed by atoms with Crippen molar-refractivity contribution < 1.29 is 28.6 Å². The van der Waals surface area contributed by atoms with Gasteiger partial charge in [0.25, 0.3) is 0 Å². The van der Waals surface area contributed by atoms with E-state index in [0.717, 1.165) is 11.1 Å². The molecule has 112 valence electrons.